The predicted molar refractivity (Wildman–Crippen MR) is 98.2 cm³/mol. The minimum absolute atomic E-state index is 0.238. The first kappa shape index (κ1) is 15.3. The van der Waals surface area contributed by atoms with Crippen molar-refractivity contribution < 1.29 is 0 Å². The quantitative estimate of drug-likeness (QED) is 0.531. The SMILES string of the molecule is N=c1sc2nc3ccccc3nc2n1/N=C\c1ccc(Cl)cc1Cl. The van der Waals surface area contributed by atoms with Gasteiger partial charge in [-0.3, -0.25) is 5.41 Å². The molecular weight excluding hydrogens is 365 g/mol. The van der Waals surface area contributed by atoms with Gasteiger partial charge >= 0.3 is 0 Å². The third-order valence-corrected chi connectivity index (χ3v) is 4.78. The number of hydrogen-bond acceptors (Lipinski definition) is 5. The summed E-state index contributed by atoms with van der Waals surface area (Å²) in [5.74, 6) is 0. The maximum absolute atomic E-state index is 8.12. The van der Waals surface area contributed by atoms with Crippen LogP contribution in [0.2, 0.25) is 10.0 Å². The average Bonchev–Trinajstić information content (AvgIpc) is 2.86. The molecule has 0 saturated carbocycles. The van der Waals surface area contributed by atoms with E-state index < -0.39 is 0 Å². The van der Waals surface area contributed by atoms with Gasteiger partial charge in [0.1, 0.15) is 0 Å². The molecule has 2 aromatic carbocycles. The van der Waals surface area contributed by atoms with Gasteiger partial charge in [0.05, 0.1) is 22.3 Å². The number of benzene rings is 2. The molecular formula is C16H9Cl2N5S. The van der Waals surface area contributed by atoms with Crippen LogP contribution in [0, 0.1) is 5.41 Å². The Morgan fingerprint density at radius 3 is 2.58 bits per heavy atom. The maximum atomic E-state index is 8.12. The van der Waals surface area contributed by atoms with Crippen LogP contribution in [0.5, 0.6) is 0 Å². The number of rotatable bonds is 2. The summed E-state index contributed by atoms with van der Waals surface area (Å²) >= 11 is 13.3. The molecule has 118 valence electrons. The third kappa shape index (κ3) is 2.69. The fourth-order valence-electron chi connectivity index (χ4n) is 2.25. The minimum Gasteiger partial charge on any atom is -0.273 e. The van der Waals surface area contributed by atoms with Gasteiger partial charge in [0.15, 0.2) is 10.5 Å². The van der Waals surface area contributed by atoms with Crippen LogP contribution >= 0.6 is 34.5 Å². The Bertz CT molecular complexity index is 1160. The van der Waals surface area contributed by atoms with E-state index in [1.165, 1.54) is 16.0 Å². The Hall–Kier alpha value is -2.28. The van der Waals surface area contributed by atoms with Crippen LogP contribution in [-0.4, -0.2) is 20.9 Å². The van der Waals surface area contributed by atoms with E-state index in [9.17, 15) is 0 Å². The molecule has 4 aromatic rings. The first-order chi connectivity index (χ1) is 11.6. The molecule has 4 rings (SSSR count). The minimum atomic E-state index is 0.238. The lowest BCUT2D eigenvalue weighted by Gasteiger charge is -2.00. The van der Waals surface area contributed by atoms with E-state index in [4.69, 9.17) is 28.6 Å². The lowest BCUT2D eigenvalue weighted by molar-refractivity contribution is 0.853. The molecule has 0 unspecified atom stereocenters. The van der Waals surface area contributed by atoms with Crippen molar-refractivity contribution in [3.8, 4) is 0 Å². The predicted octanol–water partition coefficient (Wildman–Crippen LogP) is 4.31. The zero-order valence-corrected chi connectivity index (χ0v) is 14.4. The number of nitrogens with zero attached hydrogens (tertiary/aromatic N) is 4. The van der Waals surface area contributed by atoms with E-state index in [1.54, 1.807) is 24.4 Å². The van der Waals surface area contributed by atoms with E-state index >= 15 is 0 Å². The van der Waals surface area contributed by atoms with E-state index in [1.807, 2.05) is 24.3 Å². The van der Waals surface area contributed by atoms with Crippen molar-refractivity contribution in [3.63, 3.8) is 0 Å². The summed E-state index contributed by atoms with van der Waals surface area (Å²) in [5, 5.41) is 13.5. The van der Waals surface area contributed by atoms with Crippen LogP contribution in [-0.2, 0) is 0 Å². The van der Waals surface area contributed by atoms with Crippen molar-refractivity contribution in [1.29, 1.82) is 5.41 Å². The van der Waals surface area contributed by atoms with Gasteiger partial charge in [0.25, 0.3) is 0 Å². The molecule has 0 fully saturated rings. The van der Waals surface area contributed by atoms with Crippen molar-refractivity contribution >= 4 is 62.3 Å². The molecule has 0 amide bonds. The Morgan fingerprint density at radius 2 is 1.83 bits per heavy atom. The molecule has 1 N–H and O–H groups in total. The van der Waals surface area contributed by atoms with E-state index in [0.717, 1.165) is 11.0 Å². The second kappa shape index (κ2) is 5.98. The first-order valence-corrected chi connectivity index (χ1v) is 8.51. The highest BCUT2D eigenvalue weighted by molar-refractivity contribution is 7.15. The van der Waals surface area contributed by atoms with Gasteiger partial charge in [-0.05, 0) is 24.3 Å². The highest BCUT2D eigenvalue weighted by Gasteiger charge is 2.09. The average molecular weight is 374 g/mol. The number of aromatic nitrogens is 3. The Morgan fingerprint density at radius 1 is 1.08 bits per heavy atom. The molecule has 0 spiro atoms. The Labute approximate surface area is 150 Å². The van der Waals surface area contributed by atoms with Gasteiger partial charge in [-0.1, -0.05) is 52.7 Å². The molecule has 8 heteroatoms. The molecule has 5 nitrogen and oxygen atoms in total. The zero-order valence-electron chi connectivity index (χ0n) is 12.1. The van der Waals surface area contributed by atoms with Crippen LogP contribution in [0.3, 0.4) is 0 Å². The Kier molecular flexibility index (Phi) is 3.80. The molecule has 0 aliphatic carbocycles. The van der Waals surface area contributed by atoms with Crippen LogP contribution in [0.4, 0.5) is 0 Å². The molecule has 0 radical (unpaired) electrons. The maximum Gasteiger partial charge on any atom is 0.206 e. The van der Waals surface area contributed by atoms with E-state index in [0.29, 0.717) is 26.1 Å². The zero-order chi connectivity index (χ0) is 16.7. The smallest absolute Gasteiger partial charge is 0.206 e. The van der Waals surface area contributed by atoms with Crippen molar-refractivity contribution in [2.45, 2.75) is 0 Å². The molecule has 0 saturated heterocycles. The van der Waals surface area contributed by atoms with Gasteiger partial charge in [-0.15, -0.1) is 0 Å². The van der Waals surface area contributed by atoms with Gasteiger partial charge < -0.3 is 0 Å². The number of para-hydroxylation sites is 2. The summed E-state index contributed by atoms with van der Waals surface area (Å²) in [5.41, 5.74) is 2.81. The van der Waals surface area contributed by atoms with Gasteiger partial charge in [-0.25, -0.2) is 9.97 Å². The topological polar surface area (TPSA) is 66.9 Å². The normalized spacial score (nSPS) is 11.8. The van der Waals surface area contributed by atoms with Crippen molar-refractivity contribution in [2.24, 2.45) is 5.10 Å². The molecule has 0 aliphatic rings. The third-order valence-electron chi connectivity index (χ3n) is 3.38. The van der Waals surface area contributed by atoms with Crippen LogP contribution < -0.4 is 4.80 Å². The molecule has 2 aromatic heterocycles. The van der Waals surface area contributed by atoms with Gasteiger partial charge in [0, 0.05) is 10.6 Å². The lowest BCUT2D eigenvalue weighted by Crippen LogP contribution is -2.08. The highest BCUT2D eigenvalue weighted by atomic mass is 35.5. The van der Waals surface area contributed by atoms with Gasteiger partial charge in [-0.2, -0.15) is 9.78 Å². The number of hydrogen-bond donors (Lipinski definition) is 1. The summed E-state index contributed by atoms with van der Waals surface area (Å²) in [6.07, 6.45) is 1.58. The number of nitrogens with one attached hydrogen (secondary N) is 1. The fourth-order valence-corrected chi connectivity index (χ4v) is 3.47. The fraction of sp³-hybridized carbons (Fsp3) is 0. The molecule has 0 atom stereocenters. The largest absolute Gasteiger partial charge is 0.273 e. The summed E-state index contributed by atoms with van der Waals surface area (Å²) in [6.45, 7) is 0. The summed E-state index contributed by atoms with van der Waals surface area (Å²) < 4.78 is 1.45. The summed E-state index contributed by atoms with van der Waals surface area (Å²) in [4.78, 5) is 10.0. The molecule has 2 heterocycles. The Balaban J connectivity index is 1.86. The lowest BCUT2D eigenvalue weighted by atomic mass is 10.2. The van der Waals surface area contributed by atoms with E-state index in [-0.39, 0.29) is 4.80 Å². The number of halogens is 2. The summed E-state index contributed by atoms with van der Waals surface area (Å²) in [6, 6.07) is 12.7. The van der Waals surface area contributed by atoms with Crippen LogP contribution in [0.1, 0.15) is 5.56 Å². The second-order valence-corrected chi connectivity index (χ2v) is 6.79. The van der Waals surface area contributed by atoms with Crippen LogP contribution in [0.25, 0.3) is 21.5 Å². The molecule has 0 bridgehead atoms. The second-order valence-electron chi connectivity index (χ2n) is 4.97. The molecule has 24 heavy (non-hydrogen) atoms. The van der Waals surface area contributed by atoms with Crippen LogP contribution in [0.15, 0.2) is 47.6 Å². The monoisotopic (exact) mass is 373 g/mol. The molecule has 0 aliphatic heterocycles. The summed E-state index contributed by atoms with van der Waals surface area (Å²) in [7, 11) is 0. The van der Waals surface area contributed by atoms with Crippen molar-refractivity contribution in [1.82, 2.24) is 14.6 Å². The van der Waals surface area contributed by atoms with Gasteiger partial charge in [0.2, 0.25) is 4.80 Å². The number of thiazole rings is 1. The first-order valence-electron chi connectivity index (χ1n) is 6.94. The van der Waals surface area contributed by atoms with Crippen molar-refractivity contribution in [2.75, 3.05) is 0 Å². The standard InChI is InChI=1S/C16H9Cl2N5S/c17-10-6-5-9(11(18)7-10)8-20-23-14-15(24-16(23)19)22-13-4-2-1-3-12(13)21-14/h1-8,19H/b19-16?,20-8-. The highest BCUT2D eigenvalue weighted by Crippen LogP contribution is 2.20. The number of fused-ring (bicyclic) bond motifs is 2. The van der Waals surface area contributed by atoms with Crippen molar-refractivity contribution in [3.05, 3.63) is 62.9 Å². The van der Waals surface area contributed by atoms with E-state index in [2.05, 4.69) is 15.1 Å².